The Balaban J connectivity index is 1.74. The molecule has 0 bridgehead atoms. The van der Waals surface area contributed by atoms with Crippen molar-refractivity contribution in [3.63, 3.8) is 0 Å². The molecule has 1 atom stereocenters. The minimum Gasteiger partial charge on any atom is -0.347 e. The highest BCUT2D eigenvalue weighted by atomic mass is 19.4. The number of amides is 2. The van der Waals surface area contributed by atoms with Crippen molar-refractivity contribution in [1.29, 1.82) is 0 Å². The zero-order valence-electron chi connectivity index (χ0n) is 15.2. The number of aromatic nitrogens is 2. The summed E-state index contributed by atoms with van der Waals surface area (Å²) in [6.07, 6.45) is 0.103. The summed E-state index contributed by atoms with van der Waals surface area (Å²) in [4.78, 5) is 25.9. The van der Waals surface area contributed by atoms with Crippen LogP contribution in [0.15, 0.2) is 42.7 Å². The second-order valence-electron chi connectivity index (χ2n) is 6.71. The van der Waals surface area contributed by atoms with Crippen LogP contribution in [0.5, 0.6) is 0 Å². The van der Waals surface area contributed by atoms with Crippen LogP contribution in [0.3, 0.4) is 0 Å². The Labute approximate surface area is 160 Å². The van der Waals surface area contributed by atoms with Gasteiger partial charge in [-0.25, -0.2) is 0 Å². The molecule has 2 aromatic rings. The summed E-state index contributed by atoms with van der Waals surface area (Å²) in [7, 11) is 0. The van der Waals surface area contributed by atoms with Crippen LogP contribution in [0, 0.1) is 0 Å². The fraction of sp³-hybridized carbons (Fsp3) is 0.421. The topological polar surface area (TPSA) is 67.2 Å². The van der Waals surface area contributed by atoms with E-state index in [9.17, 15) is 22.8 Å². The van der Waals surface area contributed by atoms with Crippen LogP contribution in [0.2, 0.25) is 0 Å². The zero-order chi connectivity index (χ0) is 20.1. The van der Waals surface area contributed by atoms with Crippen LogP contribution in [0.1, 0.15) is 36.4 Å². The average molecular weight is 394 g/mol. The molecule has 1 saturated heterocycles. The Morgan fingerprint density at radius 2 is 2.11 bits per heavy atom. The number of nitrogens with one attached hydrogen (secondary N) is 1. The predicted octanol–water partition coefficient (Wildman–Crippen LogP) is 2.77. The van der Waals surface area contributed by atoms with Gasteiger partial charge in [0.1, 0.15) is 0 Å². The molecule has 2 heterocycles. The molecule has 9 heteroatoms. The molecule has 1 aromatic heterocycles. The lowest BCUT2D eigenvalue weighted by Crippen LogP contribution is -2.39. The van der Waals surface area contributed by atoms with E-state index in [-0.39, 0.29) is 24.8 Å². The fourth-order valence-corrected chi connectivity index (χ4v) is 3.20. The van der Waals surface area contributed by atoms with Gasteiger partial charge in [0.15, 0.2) is 0 Å². The molecule has 3 rings (SSSR count). The first-order valence-corrected chi connectivity index (χ1v) is 9.04. The van der Waals surface area contributed by atoms with Crippen LogP contribution in [0.25, 0.3) is 0 Å². The van der Waals surface area contributed by atoms with E-state index in [1.54, 1.807) is 28.0 Å². The molecular weight excluding hydrogens is 373 g/mol. The molecule has 28 heavy (non-hydrogen) atoms. The number of likely N-dealkylation sites (tertiary alicyclic amines) is 1. The normalized spacial score (nSPS) is 15.7. The highest BCUT2D eigenvalue weighted by molar-refractivity contribution is 5.79. The van der Waals surface area contributed by atoms with Crippen LogP contribution in [-0.2, 0) is 22.3 Å². The number of carbonyl (C=O) groups is 2. The minimum atomic E-state index is -4.48. The summed E-state index contributed by atoms with van der Waals surface area (Å²) in [5.74, 6) is -0.368. The first-order chi connectivity index (χ1) is 13.3. The van der Waals surface area contributed by atoms with E-state index in [1.165, 1.54) is 12.1 Å². The largest absolute Gasteiger partial charge is 0.416 e. The maximum atomic E-state index is 13.1. The van der Waals surface area contributed by atoms with E-state index < -0.39 is 17.8 Å². The van der Waals surface area contributed by atoms with Crippen molar-refractivity contribution in [3.8, 4) is 0 Å². The van der Waals surface area contributed by atoms with Crippen LogP contribution < -0.4 is 5.32 Å². The maximum absolute atomic E-state index is 13.1. The minimum absolute atomic E-state index is 0.0530. The molecule has 0 radical (unpaired) electrons. The van der Waals surface area contributed by atoms with Crippen molar-refractivity contribution in [1.82, 2.24) is 20.0 Å². The van der Waals surface area contributed by atoms with Crippen molar-refractivity contribution in [2.75, 3.05) is 13.1 Å². The van der Waals surface area contributed by atoms with E-state index in [0.717, 1.165) is 12.1 Å². The monoisotopic (exact) mass is 394 g/mol. The van der Waals surface area contributed by atoms with Gasteiger partial charge in [-0.15, -0.1) is 0 Å². The molecule has 1 N–H and O–H groups in total. The summed E-state index contributed by atoms with van der Waals surface area (Å²) < 4.78 is 40.8. The molecule has 1 fully saturated rings. The highest BCUT2D eigenvalue weighted by Gasteiger charge is 2.32. The molecule has 1 aliphatic rings. The Bertz CT molecular complexity index is 821. The Kier molecular flexibility index (Phi) is 6.01. The van der Waals surface area contributed by atoms with Gasteiger partial charge in [0.05, 0.1) is 11.6 Å². The van der Waals surface area contributed by atoms with Crippen LogP contribution >= 0.6 is 0 Å². The molecule has 2 amide bonds. The van der Waals surface area contributed by atoms with E-state index in [1.807, 2.05) is 0 Å². The second-order valence-corrected chi connectivity index (χ2v) is 6.71. The van der Waals surface area contributed by atoms with Gasteiger partial charge >= 0.3 is 6.18 Å². The standard InChI is InChI=1S/C19H21F3N4O2/c20-19(21,22)15-5-1-4-14(12-15)16(13-25-9-2-6-18(25)28)24-17(27)7-11-26-10-3-8-23-26/h1,3-5,8,10,12,16H,2,6-7,9,11,13H2,(H,24,27). The van der Waals surface area contributed by atoms with Gasteiger partial charge in [0.2, 0.25) is 11.8 Å². The van der Waals surface area contributed by atoms with Gasteiger partial charge in [-0.2, -0.15) is 18.3 Å². The number of benzene rings is 1. The van der Waals surface area contributed by atoms with Gasteiger partial charge in [-0.3, -0.25) is 14.3 Å². The van der Waals surface area contributed by atoms with Gasteiger partial charge in [0, 0.05) is 44.9 Å². The maximum Gasteiger partial charge on any atom is 0.416 e. The first-order valence-electron chi connectivity index (χ1n) is 9.04. The SMILES string of the molecule is O=C(CCn1cccn1)NC(CN1CCCC1=O)c1cccc(C(F)(F)F)c1. The number of hydrogen-bond donors (Lipinski definition) is 1. The van der Waals surface area contributed by atoms with Crippen molar-refractivity contribution in [2.45, 2.75) is 38.0 Å². The quantitative estimate of drug-likeness (QED) is 0.785. The number of alkyl halides is 3. The third-order valence-electron chi connectivity index (χ3n) is 4.65. The zero-order valence-corrected chi connectivity index (χ0v) is 15.2. The van der Waals surface area contributed by atoms with Gasteiger partial charge in [-0.05, 0) is 30.2 Å². The molecule has 6 nitrogen and oxygen atoms in total. The van der Waals surface area contributed by atoms with Crippen molar-refractivity contribution < 1.29 is 22.8 Å². The van der Waals surface area contributed by atoms with Gasteiger partial charge < -0.3 is 10.2 Å². The molecule has 1 aromatic carbocycles. The molecule has 1 aliphatic heterocycles. The summed E-state index contributed by atoms with van der Waals surface area (Å²) in [6.45, 7) is 1.04. The van der Waals surface area contributed by atoms with Crippen LogP contribution in [-0.4, -0.2) is 39.6 Å². The summed E-state index contributed by atoms with van der Waals surface area (Å²) >= 11 is 0. The summed E-state index contributed by atoms with van der Waals surface area (Å²) in [5, 5.41) is 6.80. The number of aryl methyl sites for hydroxylation is 1. The Hall–Kier alpha value is -2.84. The third kappa shape index (κ3) is 5.11. The van der Waals surface area contributed by atoms with Crippen LogP contribution in [0.4, 0.5) is 13.2 Å². The molecule has 0 spiro atoms. The molecule has 1 unspecified atom stereocenters. The number of hydrogen-bond acceptors (Lipinski definition) is 3. The van der Waals surface area contributed by atoms with E-state index >= 15 is 0 Å². The lowest BCUT2D eigenvalue weighted by molar-refractivity contribution is -0.137. The number of carbonyl (C=O) groups excluding carboxylic acids is 2. The van der Waals surface area contributed by atoms with Crippen molar-refractivity contribution in [3.05, 3.63) is 53.9 Å². The lowest BCUT2D eigenvalue weighted by atomic mass is 10.0. The average Bonchev–Trinajstić information content (AvgIpc) is 3.31. The molecule has 0 aliphatic carbocycles. The number of rotatable bonds is 7. The Morgan fingerprint density at radius 3 is 2.75 bits per heavy atom. The van der Waals surface area contributed by atoms with E-state index in [4.69, 9.17) is 0 Å². The highest BCUT2D eigenvalue weighted by Crippen LogP contribution is 2.31. The molecule has 150 valence electrons. The van der Waals surface area contributed by atoms with Gasteiger partial charge in [0.25, 0.3) is 0 Å². The Morgan fingerprint density at radius 1 is 1.29 bits per heavy atom. The van der Waals surface area contributed by atoms with E-state index in [2.05, 4.69) is 10.4 Å². The smallest absolute Gasteiger partial charge is 0.347 e. The van der Waals surface area contributed by atoms with Crippen molar-refractivity contribution in [2.24, 2.45) is 0 Å². The third-order valence-corrected chi connectivity index (χ3v) is 4.65. The second kappa shape index (κ2) is 8.45. The first kappa shape index (κ1) is 19.9. The fourth-order valence-electron chi connectivity index (χ4n) is 3.20. The van der Waals surface area contributed by atoms with Gasteiger partial charge in [-0.1, -0.05) is 12.1 Å². The number of halogens is 3. The molecule has 0 saturated carbocycles. The lowest BCUT2D eigenvalue weighted by Gasteiger charge is -2.26. The number of nitrogens with zero attached hydrogens (tertiary/aromatic N) is 3. The van der Waals surface area contributed by atoms with Crippen molar-refractivity contribution >= 4 is 11.8 Å². The summed E-state index contributed by atoms with van der Waals surface area (Å²) in [6, 6.07) is 5.89. The predicted molar refractivity (Wildman–Crippen MR) is 95.0 cm³/mol. The summed E-state index contributed by atoms with van der Waals surface area (Å²) in [5.41, 5.74) is -0.462. The van der Waals surface area contributed by atoms with E-state index in [0.29, 0.717) is 31.5 Å². The molecular formula is C19H21F3N4O2.